The number of hydrogen-bond acceptors (Lipinski definition) is 4. The molecule has 0 atom stereocenters. The molecule has 1 amide bonds. The molecule has 0 saturated heterocycles. The van der Waals surface area contributed by atoms with Crippen molar-refractivity contribution in [1.82, 2.24) is 24.4 Å². The Kier molecular flexibility index (Phi) is 5.63. The largest absolute Gasteiger partial charge is 0.350 e. The van der Waals surface area contributed by atoms with Gasteiger partial charge in [-0.15, -0.1) is 0 Å². The van der Waals surface area contributed by atoms with E-state index in [1.807, 2.05) is 43.3 Å². The van der Waals surface area contributed by atoms with Gasteiger partial charge in [0, 0.05) is 25.5 Å². The maximum Gasteiger partial charge on any atom is 0.330 e. The van der Waals surface area contributed by atoms with Crippen molar-refractivity contribution in [2.45, 2.75) is 20.0 Å². The average molecular weight is 422 g/mol. The smallest absolute Gasteiger partial charge is 0.330 e. The maximum atomic E-state index is 13.1. The molecule has 1 N–H and O–H groups in total. The van der Waals surface area contributed by atoms with Gasteiger partial charge in [0.25, 0.3) is 5.91 Å². The molecular weight excluding hydrogens is 402 g/mol. The highest BCUT2D eigenvalue weighted by molar-refractivity contribution is 6.32. The Morgan fingerprint density at radius 2 is 1.77 bits per heavy atom. The summed E-state index contributed by atoms with van der Waals surface area (Å²) in [5.74, 6) is -0.336. The first kappa shape index (κ1) is 19.8. The number of imidazole rings is 1. The number of hydrogen-bond donors (Lipinski definition) is 1. The molecule has 8 heteroatoms. The van der Waals surface area contributed by atoms with Gasteiger partial charge in [-0.3, -0.25) is 13.9 Å². The number of carbonyl (C=O) groups excluding carboxylic acids is 1. The van der Waals surface area contributed by atoms with Crippen LogP contribution in [0.1, 0.15) is 21.5 Å². The second kappa shape index (κ2) is 8.51. The van der Waals surface area contributed by atoms with Gasteiger partial charge in [-0.05, 0) is 36.8 Å². The number of carbonyl (C=O) groups is 1. The lowest BCUT2D eigenvalue weighted by molar-refractivity contribution is 0.0952. The van der Waals surface area contributed by atoms with Gasteiger partial charge in [-0.2, -0.15) is 0 Å². The molecule has 4 rings (SSSR count). The fourth-order valence-corrected chi connectivity index (χ4v) is 3.51. The minimum Gasteiger partial charge on any atom is -0.350 e. The Morgan fingerprint density at radius 1 is 1.03 bits per heavy atom. The molecule has 4 aromatic rings. The van der Waals surface area contributed by atoms with Crippen LogP contribution in [-0.4, -0.2) is 31.6 Å². The van der Waals surface area contributed by atoms with Crippen molar-refractivity contribution in [3.05, 3.63) is 93.3 Å². The zero-order valence-electron chi connectivity index (χ0n) is 16.4. The summed E-state index contributed by atoms with van der Waals surface area (Å²) in [6.07, 6.45) is 3.18. The molecule has 0 fully saturated rings. The number of rotatable bonds is 6. The van der Waals surface area contributed by atoms with Crippen molar-refractivity contribution in [3.8, 4) is 0 Å². The van der Waals surface area contributed by atoms with Gasteiger partial charge in [0.15, 0.2) is 5.65 Å². The van der Waals surface area contributed by atoms with Crippen molar-refractivity contribution < 1.29 is 4.79 Å². The van der Waals surface area contributed by atoms with Crippen molar-refractivity contribution in [1.29, 1.82) is 0 Å². The Balaban J connectivity index is 1.56. The van der Waals surface area contributed by atoms with Gasteiger partial charge in [0.2, 0.25) is 0 Å². The molecule has 1 aromatic carbocycles. The van der Waals surface area contributed by atoms with Crippen LogP contribution in [0, 0.1) is 6.92 Å². The molecule has 152 valence electrons. The first-order valence-corrected chi connectivity index (χ1v) is 9.90. The summed E-state index contributed by atoms with van der Waals surface area (Å²) in [5.41, 5.74) is 3.67. The molecule has 0 unspecified atom stereocenters. The lowest BCUT2D eigenvalue weighted by Crippen LogP contribution is -2.32. The van der Waals surface area contributed by atoms with Crippen molar-refractivity contribution in [2.24, 2.45) is 0 Å². The molecule has 0 radical (unpaired) electrons. The number of nitrogens with one attached hydrogen (secondary N) is 1. The molecule has 0 spiro atoms. The minimum atomic E-state index is -0.336. The summed E-state index contributed by atoms with van der Waals surface area (Å²) >= 11 is 5.97. The predicted molar refractivity (Wildman–Crippen MR) is 116 cm³/mol. The predicted octanol–water partition coefficient (Wildman–Crippen LogP) is 3.03. The Morgan fingerprint density at radius 3 is 2.53 bits per heavy atom. The van der Waals surface area contributed by atoms with E-state index in [-0.39, 0.29) is 29.8 Å². The Labute approximate surface area is 178 Å². The van der Waals surface area contributed by atoms with Gasteiger partial charge in [0.1, 0.15) is 5.15 Å². The Bertz CT molecular complexity index is 1260. The van der Waals surface area contributed by atoms with Crippen LogP contribution in [0.5, 0.6) is 0 Å². The van der Waals surface area contributed by atoms with Gasteiger partial charge < -0.3 is 5.32 Å². The SMILES string of the molecule is Cc1ccc(Cn2c(=O)n(CCNC(=O)c3cccnc3Cl)c3ncccc32)cc1. The number of pyridine rings is 2. The summed E-state index contributed by atoms with van der Waals surface area (Å²) in [7, 11) is 0. The van der Waals surface area contributed by atoms with E-state index in [0.29, 0.717) is 17.8 Å². The quantitative estimate of drug-likeness (QED) is 0.485. The van der Waals surface area contributed by atoms with Crippen LogP contribution in [0.2, 0.25) is 5.15 Å². The summed E-state index contributed by atoms with van der Waals surface area (Å²) in [6, 6.07) is 15.0. The van der Waals surface area contributed by atoms with Crippen LogP contribution in [0.25, 0.3) is 11.2 Å². The fraction of sp³-hybridized carbons (Fsp3) is 0.182. The lowest BCUT2D eigenvalue weighted by atomic mass is 10.1. The molecule has 0 aliphatic carbocycles. The highest BCUT2D eigenvalue weighted by atomic mass is 35.5. The van der Waals surface area contributed by atoms with Crippen molar-refractivity contribution in [2.75, 3.05) is 6.54 Å². The average Bonchev–Trinajstić information content (AvgIpc) is 3.01. The number of amides is 1. The monoisotopic (exact) mass is 421 g/mol. The molecular formula is C22H20ClN5O2. The van der Waals surface area contributed by atoms with Crippen LogP contribution in [0.15, 0.2) is 65.7 Å². The number of nitrogens with zero attached hydrogens (tertiary/aromatic N) is 4. The standard InChI is InChI=1S/C22H20ClN5O2/c1-15-6-8-16(9-7-15)14-28-18-5-3-11-25-20(18)27(22(28)30)13-12-26-21(29)17-4-2-10-24-19(17)23/h2-11H,12-14H2,1H3,(H,26,29). The zero-order chi connectivity index (χ0) is 21.1. The van der Waals surface area contributed by atoms with E-state index in [4.69, 9.17) is 11.6 Å². The third-order valence-electron chi connectivity index (χ3n) is 4.86. The first-order valence-electron chi connectivity index (χ1n) is 9.53. The normalized spacial score (nSPS) is 11.0. The Hall–Kier alpha value is -3.45. The summed E-state index contributed by atoms with van der Waals surface area (Å²) in [5, 5.41) is 2.93. The number of aromatic nitrogens is 4. The van der Waals surface area contributed by atoms with Gasteiger partial charge >= 0.3 is 5.69 Å². The number of fused-ring (bicyclic) bond motifs is 1. The molecule has 0 aliphatic heterocycles. The van der Waals surface area contributed by atoms with E-state index < -0.39 is 0 Å². The summed E-state index contributed by atoms with van der Waals surface area (Å²) in [6.45, 7) is 3.02. The molecule has 0 aliphatic rings. The van der Waals surface area contributed by atoms with E-state index in [2.05, 4.69) is 15.3 Å². The third kappa shape index (κ3) is 3.97. The number of halogens is 1. The van der Waals surface area contributed by atoms with Gasteiger partial charge in [-0.1, -0.05) is 41.4 Å². The summed E-state index contributed by atoms with van der Waals surface area (Å²) in [4.78, 5) is 33.7. The van der Waals surface area contributed by atoms with Crippen LogP contribution in [0.3, 0.4) is 0 Å². The molecule has 7 nitrogen and oxygen atoms in total. The fourth-order valence-electron chi connectivity index (χ4n) is 3.31. The molecule has 30 heavy (non-hydrogen) atoms. The third-order valence-corrected chi connectivity index (χ3v) is 5.16. The zero-order valence-corrected chi connectivity index (χ0v) is 17.1. The molecule has 0 bridgehead atoms. The number of aryl methyl sites for hydroxylation is 1. The first-order chi connectivity index (χ1) is 14.5. The molecule has 0 saturated carbocycles. The van der Waals surface area contributed by atoms with Crippen molar-refractivity contribution in [3.63, 3.8) is 0 Å². The summed E-state index contributed by atoms with van der Waals surface area (Å²) < 4.78 is 3.28. The molecule has 3 aromatic heterocycles. The lowest BCUT2D eigenvalue weighted by Gasteiger charge is -2.07. The topological polar surface area (TPSA) is 81.8 Å². The van der Waals surface area contributed by atoms with E-state index >= 15 is 0 Å². The second-order valence-electron chi connectivity index (χ2n) is 6.95. The molecule has 3 heterocycles. The van der Waals surface area contributed by atoms with E-state index in [1.165, 1.54) is 11.8 Å². The van der Waals surface area contributed by atoms with E-state index in [0.717, 1.165) is 11.1 Å². The highest BCUT2D eigenvalue weighted by Gasteiger charge is 2.15. The van der Waals surface area contributed by atoms with Gasteiger partial charge in [0.05, 0.1) is 17.6 Å². The maximum absolute atomic E-state index is 13.1. The minimum absolute atomic E-state index is 0.142. The van der Waals surface area contributed by atoms with Crippen LogP contribution in [-0.2, 0) is 13.1 Å². The van der Waals surface area contributed by atoms with Gasteiger partial charge in [-0.25, -0.2) is 14.8 Å². The van der Waals surface area contributed by atoms with Crippen LogP contribution in [0.4, 0.5) is 0 Å². The second-order valence-corrected chi connectivity index (χ2v) is 7.31. The highest BCUT2D eigenvalue weighted by Crippen LogP contribution is 2.13. The number of benzene rings is 1. The van der Waals surface area contributed by atoms with Crippen molar-refractivity contribution >= 4 is 28.7 Å². The van der Waals surface area contributed by atoms with Crippen LogP contribution < -0.4 is 11.0 Å². The van der Waals surface area contributed by atoms with Crippen LogP contribution >= 0.6 is 11.6 Å². The van der Waals surface area contributed by atoms with E-state index in [9.17, 15) is 9.59 Å². The van der Waals surface area contributed by atoms with E-state index in [1.54, 1.807) is 27.5 Å².